The molecular weight excluding hydrogens is 644 g/mol. The normalized spacial score (nSPS) is 16.9. The predicted octanol–water partition coefficient (Wildman–Crippen LogP) is 4.10. The summed E-state index contributed by atoms with van der Waals surface area (Å²) in [5, 5.41) is 9.02. The fraction of sp³-hybridized carbons (Fsp3) is 0.405. The highest BCUT2D eigenvalue weighted by Crippen LogP contribution is 2.50. The first kappa shape index (κ1) is 35.6. The molecule has 1 aliphatic carbocycles. The Labute approximate surface area is 291 Å². The van der Waals surface area contributed by atoms with Crippen LogP contribution in [0.5, 0.6) is 17.2 Å². The van der Waals surface area contributed by atoms with Crippen LogP contribution in [0, 0.1) is 0 Å². The summed E-state index contributed by atoms with van der Waals surface area (Å²) in [6.45, 7) is 1.73. The number of benzene rings is 2. The van der Waals surface area contributed by atoms with Gasteiger partial charge in [-0.1, -0.05) is 30.3 Å². The van der Waals surface area contributed by atoms with Crippen LogP contribution in [0.3, 0.4) is 0 Å². The molecule has 0 saturated heterocycles. The van der Waals surface area contributed by atoms with Gasteiger partial charge < -0.3 is 35.1 Å². The third kappa shape index (κ3) is 7.34. The Hall–Kier alpha value is -4.71. The van der Waals surface area contributed by atoms with Gasteiger partial charge in [0.15, 0.2) is 11.5 Å². The van der Waals surface area contributed by atoms with Crippen LogP contribution in [0.1, 0.15) is 48.1 Å². The maximum absolute atomic E-state index is 14.4. The minimum absolute atomic E-state index is 0.224. The first-order valence-electron chi connectivity index (χ1n) is 16.3. The fourth-order valence-electron chi connectivity index (χ4n) is 6.86. The molecule has 0 spiro atoms. The molecule has 1 heterocycles. The van der Waals surface area contributed by atoms with Crippen molar-refractivity contribution in [1.29, 1.82) is 0 Å². The maximum Gasteiger partial charge on any atom is 0.246 e. The van der Waals surface area contributed by atoms with Crippen molar-refractivity contribution in [2.45, 2.75) is 57.3 Å². The lowest BCUT2D eigenvalue weighted by molar-refractivity contribution is -0.142. The summed E-state index contributed by atoms with van der Waals surface area (Å²) < 4.78 is 17.2. The highest BCUT2D eigenvalue weighted by atomic mass is 32.2. The number of amides is 3. The van der Waals surface area contributed by atoms with Gasteiger partial charge in [-0.2, -0.15) is 11.8 Å². The van der Waals surface area contributed by atoms with Gasteiger partial charge in [0, 0.05) is 32.5 Å². The van der Waals surface area contributed by atoms with E-state index in [0.717, 1.165) is 22.3 Å². The number of likely N-dealkylation sites (N-methyl/N-ethyl adjacent to an activating group) is 1. The predicted molar refractivity (Wildman–Crippen MR) is 192 cm³/mol. The number of carbonyl (C=O) groups excluding carboxylic acids is 3. The smallest absolute Gasteiger partial charge is 0.246 e. The molecule has 260 valence electrons. The van der Waals surface area contributed by atoms with Crippen LogP contribution in [0.2, 0.25) is 0 Å². The molecule has 3 atom stereocenters. The van der Waals surface area contributed by atoms with Gasteiger partial charge in [-0.15, -0.1) is 0 Å². The van der Waals surface area contributed by atoms with E-state index in [1.54, 1.807) is 44.0 Å². The molecule has 2 aliphatic rings. The van der Waals surface area contributed by atoms with Gasteiger partial charge in [0.05, 0.1) is 33.1 Å². The summed E-state index contributed by atoms with van der Waals surface area (Å²) in [5.74, 6) is 1.30. The highest BCUT2D eigenvalue weighted by Gasteiger charge is 2.37. The molecule has 0 unspecified atom stereocenters. The molecule has 3 aromatic rings. The molecule has 5 rings (SSSR count). The second-order valence-corrected chi connectivity index (χ2v) is 13.1. The highest BCUT2D eigenvalue weighted by molar-refractivity contribution is 7.98. The Morgan fingerprint density at radius 2 is 1.71 bits per heavy atom. The summed E-state index contributed by atoms with van der Waals surface area (Å²) >= 11 is 1.59. The van der Waals surface area contributed by atoms with Crippen LogP contribution < -0.4 is 35.6 Å². The summed E-state index contributed by atoms with van der Waals surface area (Å²) in [5.41, 5.74) is 4.87. The zero-order valence-corrected chi connectivity index (χ0v) is 29.6. The van der Waals surface area contributed by atoms with Crippen LogP contribution in [0.4, 0.5) is 5.69 Å². The topological polar surface area (TPSA) is 135 Å². The lowest BCUT2D eigenvalue weighted by Gasteiger charge is -2.38. The van der Waals surface area contributed by atoms with Crippen molar-refractivity contribution in [2.75, 3.05) is 45.7 Å². The first-order valence-corrected chi connectivity index (χ1v) is 17.7. The van der Waals surface area contributed by atoms with E-state index in [4.69, 9.17) is 14.2 Å². The molecule has 3 N–H and O–H groups in total. The summed E-state index contributed by atoms with van der Waals surface area (Å²) in [6, 6.07) is 12.8. The largest absolute Gasteiger partial charge is 0.493 e. The second-order valence-electron chi connectivity index (χ2n) is 12.1. The van der Waals surface area contributed by atoms with Crippen LogP contribution >= 0.6 is 11.8 Å². The number of anilines is 1. The Bertz CT molecular complexity index is 1800. The molecule has 1 aliphatic heterocycles. The van der Waals surface area contributed by atoms with Crippen LogP contribution in [-0.4, -0.2) is 75.1 Å². The SMILES string of the molecule is CNC(=O)[C@@H]1Cc2ccccc2CN1C(=O)[C@H](CCSC)Nc1ccc2c(cc1=O)[C@@H](NC(C)=O)CCc1cc(OC)c(OC)c(OC)c1-2. The summed E-state index contributed by atoms with van der Waals surface area (Å²) in [4.78, 5) is 55.5. The van der Waals surface area contributed by atoms with Crippen molar-refractivity contribution in [3.05, 3.63) is 81.0 Å². The molecule has 3 amide bonds. The third-order valence-corrected chi connectivity index (χ3v) is 9.88. The number of nitrogens with zero attached hydrogens (tertiary/aromatic N) is 1. The maximum atomic E-state index is 14.4. The Balaban J connectivity index is 1.61. The van der Waals surface area contributed by atoms with Crippen molar-refractivity contribution in [2.24, 2.45) is 0 Å². The van der Waals surface area contributed by atoms with Gasteiger partial charge >= 0.3 is 0 Å². The number of carbonyl (C=O) groups is 3. The van der Waals surface area contributed by atoms with E-state index < -0.39 is 18.1 Å². The molecular formula is C37H44N4O7S. The van der Waals surface area contributed by atoms with Gasteiger partial charge in [-0.25, -0.2) is 0 Å². The minimum Gasteiger partial charge on any atom is -0.493 e. The minimum atomic E-state index is -0.780. The van der Waals surface area contributed by atoms with E-state index in [9.17, 15) is 19.2 Å². The molecule has 11 nitrogen and oxygen atoms in total. The first-order chi connectivity index (χ1) is 23.6. The molecule has 0 fully saturated rings. The van der Waals surface area contributed by atoms with Gasteiger partial charge in [-0.3, -0.25) is 19.2 Å². The zero-order chi connectivity index (χ0) is 35.2. The fourth-order valence-corrected chi connectivity index (χ4v) is 7.33. The van der Waals surface area contributed by atoms with Crippen molar-refractivity contribution in [1.82, 2.24) is 15.5 Å². The number of hydrogen-bond donors (Lipinski definition) is 3. The average Bonchev–Trinajstić information content (AvgIpc) is 3.35. The molecule has 0 bridgehead atoms. The number of nitrogens with one attached hydrogen (secondary N) is 3. The Morgan fingerprint density at radius 1 is 0.980 bits per heavy atom. The van der Waals surface area contributed by atoms with E-state index >= 15 is 0 Å². The van der Waals surface area contributed by atoms with Gasteiger partial charge in [-0.05, 0) is 77.3 Å². The van der Waals surface area contributed by atoms with Crippen molar-refractivity contribution < 1.29 is 28.6 Å². The van der Waals surface area contributed by atoms with Gasteiger partial charge in [0.25, 0.3) is 0 Å². The van der Waals surface area contributed by atoms with Crippen LogP contribution in [-0.2, 0) is 33.8 Å². The molecule has 3 aromatic carbocycles. The lowest BCUT2D eigenvalue weighted by Crippen LogP contribution is -2.55. The van der Waals surface area contributed by atoms with Crippen molar-refractivity contribution in [3.63, 3.8) is 0 Å². The monoisotopic (exact) mass is 688 g/mol. The third-order valence-electron chi connectivity index (χ3n) is 9.24. The number of fused-ring (bicyclic) bond motifs is 4. The second kappa shape index (κ2) is 15.7. The number of rotatable bonds is 11. The molecule has 49 heavy (non-hydrogen) atoms. The zero-order valence-electron chi connectivity index (χ0n) is 28.8. The van der Waals surface area contributed by atoms with E-state index in [0.29, 0.717) is 59.8 Å². The van der Waals surface area contributed by atoms with E-state index in [2.05, 4.69) is 16.0 Å². The van der Waals surface area contributed by atoms with E-state index in [1.807, 2.05) is 42.7 Å². The number of methoxy groups -OCH3 is 3. The Kier molecular flexibility index (Phi) is 11.4. The standard InChI is InChI=1S/C37H44N4O7S/c1-21(42)39-27-13-11-23-18-32(46-3)34(47-4)35(48-5)33(23)25-12-14-28(31(43)19-26(25)27)40-29(15-16-49-6)37(45)41-20-24-10-8-7-9-22(24)17-30(41)36(44)38-2/h7-10,12,14,18-19,27,29-30H,11,13,15-17,20H2,1-6H3,(H,38,44)(H,39,42)(H,40,43)/t27-,29-,30-/m0/s1. The Morgan fingerprint density at radius 3 is 2.37 bits per heavy atom. The van der Waals surface area contributed by atoms with Crippen LogP contribution in [0.15, 0.2) is 53.3 Å². The number of ether oxygens (including phenoxy) is 3. The van der Waals surface area contributed by atoms with Gasteiger partial charge in [0.1, 0.15) is 12.1 Å². The quantitative estimate of drug-likeness (QED) is 0.272. The van der Waals surface area contributed by atoms with Gasteiger partial charge in [0.2, 0.25) is 28.9 Å². The average molecular weight is 689 g/mol. The summed E-state index contributed by atoms with van der Waals surface area (Å²) in [6.07, 6.45) is 3.89. The number of thioether (sulfide) groups is 1. The van der Waals surface area contributed by atoms with E-state index in [1.165, 1.54) is 20.1 Å². The number of aryl methyl sites for hydroxylation is 1. The van der Waals surface area contributed by atoms with Crippen LogP contribution in [0.25, 0.3) is 11.1 Å². The molecule has 12 heteroatoms. The summed E-state index contributed by atoms with van der Waals surface area (Å²) in [7, 11) is 6.22. The molecule has 0 radical (unpaired) electrons. The molecule has 0 aromatic heterocycles. The van der Waals surface area contributed by atoms with E-state index in [-0.39, 0.29) is 35.4 Å². The molecule has 0 saturated carbocycles. The lowest BCUT2D eigenvalue weighted by atomic mass is 9.92. The van der Waals surface area contributed by atoms with Crippen molar-refractivity contribution >= 4 is 35.2 Å². The van der Waals surface area contributed by atoms with Crippen molar-refractivity contribution in [3.8, 4) is 28.4 Å². The number of hydrogen-bond acceptors (Lipinski definition) is 9.